The average Bonchev–Trinajstić information content (AvgIpc) is 3.03. The SMILES string of the molecule is CN[C@@H](CCCN(O)C(=O)[C@H](CO)NC(=O)[C@H](CCCN(O)C=O)NC)C(=O)N[C@@H](CCCN)C(=O)N[C@@H]1CCCN(O)C1=O. The quantitative estimate of drug-likeness (QED) is 0.0305. The number of hydroxylamine groups is 6. The van der Waals surface area contributed by atoms with Gasteiger partial charge in [0, 0.05) is 19.6 Å². The molecule has 0 unspecified atom stereocenters. The van der Waals surface area contributed by atoms with Crippen molar-refractivity contribution in [2.45, 2.75) is 81.6 Å². The van der Waals surface area contributed by atoms with Gasteiger partial charge in [-0.15, -0.1) is 0 Å². The van der Waals surface area contributed by atoms with Crippen LogP contribution in [0.4, 0.5) is 0 Å². The molecule has 1 saturated heterocycles. The number of carbonyl (C=O) groups is 6. The van der Waals surface area contributed by atoms with E-state index >= 15 is 0 Å². The van der Waals surface area contributed by atoms with Crippen LogP contribution in [-0.4, -0.2) is 149 Å². The lowest BCUT2D eigenvalue weighted by atomic mass is 10.0. The molecule has 1 fully saturated rings. The van der Waals surface area contributed by atoms with Crippen molar-refractivity contribution in [2.24, 2.45) is 5.73 Å². The first-order valence-corrected chi connectivity index (χ1v) is 14.9. The molecule has 1 rings (SSSR count). The summed E-state index contributed by atoms with van der Waals surface area (Å²) in [5.41, 5.74) is 5.58. The normalized spacial score (nSPS) is 17.4. The van der Waals surface area contributed by atoms with E-state index in [1.165, 1.54) is 14.1 Å². The molecule has 1 aliphatic rings. The van der Waals surface area contributed by atoms with Crippen molar-refractivity contribution >= 4 is 35.9 Å². The summed E-state index contributed by atoms with van der Waals surface area (Å²) < 4.78 is 0. The molecule has 0 spiro atoms. The summed E-state index contributed by atoms with van der Waals surface area (Å²) in [6.45, 7) is -0.634. The maximum atomic E-state index is 13.0. The summed E-state index contributed by atoms with van der Waals surface area (Å²) in [7, 11) is 3.02. The Bertz CT molecular complexity index is 975. The van der Waals surface area contributed by atoms with Gasteiger partial charge >= 0.3 is 0 Å². The second kappa shape index (κ2) is 21.3. The molecule has 0 radical (unpaired) electrons. The number of hydrogen-bond acceptors (Lipinski definition) is 13. The van der Waals surface area contributed by atoms with Crippen LogP contribution in [0.15, 0.2) is 0 Å². The lowest BCUT2D eigenvalue weighted by Crippen LogP contribution is -2.57. The molecule has 5 atom stereocenters. The average molecular weight is 648 g/mol. The van der Waals surface area contributed by atoms with E-state index in [0.29, 0.717) is 34.5 Å². The van der Waals surface area contributed by atoms with Gasteiger partial charge in [0.1, 0.15) is 18.1 Å². The Morgan fingerprint density at radius 2 is 1.49 bits per heavy atom. The van der Waals surface area contributed by atoms with Crippen molar-refractivity contribution in [3.05, 3.63) is 0 Å². The Hall–Kier alpha value is -3.46. The monoisotopic (exact) mass is 647 g/mol. The first-order chi connectivity index (χ1) is 21.4. The van der Waals surface area contributed by atoms with Gasteiger partial charge in [-0.05, 0) is 72.0 Å². The minimum atomic E-state index is -1.46. The number of rotatable bonds is 22. The minimum Gasteiger partial charge on any atom is -0.394 e. The van der Waals surface area contributed by atoms with E-state index in [1.807, 2.05) is 0 Å². The Balaban J connectivity index is 2.67. The zero-order valence-corrected chi connectivity index (χ0v) is 25.8. The molecule has 0 aromatic rings. The maximum absolute atomic E-state index is 13.0. The minimum absolute atomic E-state index is 0.0140. The largest absolute Gasteiger partial charge is 0.394 e. The second-order valence-corrected chi connectivity index (χ2v) is 10.6. The first-order valence-electron chi connectivity index (χ1n) is 14.9. The molecule has 11 N–H and O–H groups in total. The van der Waals surface area contributed by atoms with E-state index in [-0.39, 0.29) is 64.7 Å². The predicted octanol–water partition coefficient (Wildman–Crippen LogP) is -4.01. The van der Waals surface area contributed by atoms with Gasteiger partial charge in [0.15, 0.2) is 0 Å². The summed E-state index contributed by atoms with van der Waals surface area (Å²) >= 11 is 0. The standard InChI is InChI=1S/C26H49N9O10/c1-28-17(8-4-12-33(43)16-37)23(39)32-21(15-36)26(42)35(45)13-5-9-18(29-2)22(38)30-19(7-3-11-27)24(40)31-20-10-6-14-34(44)25(20)41/h16-21,28-29,36,43-45H,3-15,27H2,1-2H3,(H,30,38)(H,31,40)(H,32,39)/t17-,18-,19-,20+,21-/m0/s1. The summed E-state index contributed by atoms with van der Waals surface area (Å²) in [4.78, 5) is 73.8. The van der Waals surface area contributed by atoms with Gasteiger partial charge in [0.25, 0.3) is 11.8 Å². The number of nitrogens with one attached hydrogen (secondary N) is 5. The van der Waals surface area contributed by atoms with Crippen LogP contribution in [0.1, 0.15) is 51.4 Å². The van der Waals surface area contributed by atoms with Crippen LogP contribution in [-0.2, 0) is 28.8 Å². The van der Waals surface area contributed by atoms with E-state index in [1.54, 1.807) is 0 Å². The van der Waals surface area contributed by atoms with Gasteiger partial charge in [-0.1, -0.05) is 0 Å². The summed E-state index contributed by atoms with van der Waals surface area (Å²) in [5, 5.41) is 53.2. The van der Waals surface area contributed by atoms with Gasteiger partial charge in [-0.25, -0.2) is 15.2 Å². The number of amides is 6. The van der Waals surface area contributed by atoms with Crippen LogP contribution < -0.4 is 32.3 Å². The maximum Gasteiger partial charge on any atom is 0.270 e. The number of hydrogen-bond donors (Lipinski definition) is 10. The highest BCUT2D eigenvalue weighted by Crippen LogP contribution is 2.11. The Morgan fingerprint density at radius 3 is 2.02 bits per heavy atom. The van der Waals surface area contributed by atoms with Crippen LogP contribution in [0.2, 0.25) is 0 Å². The molecule has 0 saturated carbocycles. The van der Waals surface area contributed by atoms with Crippen molar-refractivity contribution < 1.29 is 49.5 Å². The van der Waals surface area contributed by atoms with Crippen LogP contribution in [0, 0.1) is 0 Å². The summed E-state index contributed by atoms with van der Waals surface area (Å²) in [6.07, 6.45) is 2.38. The van der Waals surface area contributed by atoms with E-state index in [0.717, 1.165) is 0 Å². The molecule has 0 bridgehead atoms. The first kappa shape index (κ1) is 39.6. The van der Waals surface area contributed by atoms with Crippen molar-refractivity contribution in [1.82, 2.24) is 41.8 Å². The van der Waals surface area contributed by atoms with Crippen molar-refractivity contribution in [2.75, 3.05) is 46.9 Å². The number of aliphatic hydroxyl groups is 1. The summed E-state index contributed by atoms with van der Waals surface area (Å²) in [5.74, 6) is -3.40. The fourth-order valence-corrected chi connectivity index (χ4v) is 4.64. The van der Waals surface area contributed by atoms with E-state index in [4.69, 9.17) is 5.73 Å². The molecule has 6 amide bonds. The molecule has 1 aliphatic heterocycles. The third-order valence-electron chi connectivity index (χ3n) is 7.31. The van der Waals surface area contributed by atoms with Crippen molar-refractivity contribution in [3.8, 4) is 0 Å². The second-order valence-electron chi connectivity index (χ2n) is 10.6. The van der Waals surface area contributed by atoms with Crippen LogP contribution >= 0.6 is 0 Å². The Labute approximate surface area is 261 Å². The predicted molar refractivity (Wildman–Crippen MR) is 156 cm³/mol. The van der Waals surface area contributed by atoms with Crippen LogP contribution in [0.5, 0.6) is 0 Å². The molecule has 45 heavy (non-hydrogen) atoms. The fraction of sp³-hybridized carbons (Fsp3) is 0.769. The number of carbonyl (C=O) groups excluding carboxylic acids is 6. The van der Waals surface area contributed by atoms with Crippen LogP contribution in [0.3, 0.4) is 0 Å². The van der Waals surface area contributed by atoms with Gasteiger partial charge < -0.3 is 37.4 Å². The van der Waals surface area contributed by atoms with E-state index in [9.17, 15) is 49.5 Å². The van der Waals surface area contributed by atoms with E-state index < -0.39 is 66.4 Å². The number of nitrogens with two attached hydrogens (primary N) is 1. The summed E-state index contributed by atoms with van der Waals surface area (Å²) in [6, 6.07) is -5.01. The fourth-order valence-electron chi connectivity index (χ4n) is 4.64. The van der Waals surface area contributed by atoms with Gasteiger partial charge in [-0.2, -0.15) is 0 Å². The molecule has 0 aliphatic carbocycles. The Kier molecular flexibility index (Phi) is 18.7. The van der Waals surface area contributed by atoms with Crippen molar-refractivity contribution in [3.63, 3.8) is 0 Å². The van der Waals surface area contributed by atoms with Gasteiger partial charge in [0.05, 0.1) is 18.7 Å². The highest BCUT2D eigenvalue weighted by molar-refractivity contribution is 5.93. The highest BCUT2D eigenvalue weighted by Gasteiger charge is 2.33. The Morgan fingerprint density at radius 1 is 0.933 bits per heavy atom. The molecule has 1 heterocycles. The third-order valence-corrected chi connectivity index (χ3v) is 7.31. The number of piperidine rings is 1. The van der Waals surface area contributed by atoms with Gasteiger partial charge in [0.2, 0.25) is 24.1 Å². The molecule has 19 nitrogen and oxygen atoms in total. The van der Waals surface area contributed by atoms with Crippen molar-refractivity contribution in [1.29, 1.82) is 0 Å². The zero-order valence-electron chi connectivity index (χ0n) is 25.8. The molecular formula is C26H49N9O10. The molecule has 258 valence electrons. The van der Waals surface area contributed by atoms with Gasteiger partial charge in [-0.3, -0.25) is 44.4 Å². The zero-order chi connectivity index (χ0) is 33.9. The van der Waals surface area contributed by atoms with Crippen LogP contribution in [0.25, 0.3) is 0 Å². The lowest BCUT2D eigenvalue weighted by Gasteiger charge is -2.29. The molecular weight excluding hydrogens is 598 g/mol. The molecule has 0 aromatic carbocycles. The number of aliphatic hydroxyl groups excluding tert-OH is 1. The van der Waals surface area contributed by atoms with E-state index in [2.05, 4.69) is 26.6 Å². The smallest absolute Gasteiger partial charge is 0.270 e. The lowest BCUT2D eigenvalue weighted by molar-refractivity contribution is -0.173. The molecule has 19 heteroatoms. The molecule has 0 aromatic heterocycles. The highest BCUT2D eigenvalue weighted by atomic mass is 16.5. The topological polar surface area (TPSA) is 279 Å². The number of likely N-dealkylation sites (N-methyl/N-ethyl adjacent to an activating group) is 2. The third kappa shape index (κ3) is 13.6. The number of nitrogens with zero attached hydrogens (tertiary/aromatic N) is 3.